The Balaban J connectivity index is 2.20. The summed E-state index contributed by atoms with van der Waals surface area (Å²) in [7, 11) is 1.47. The van der Waals surface area contributed by atoms with Crippen LogP contribution in [0.2, 0.25) is 5.02 Å². The van der Waals surface area contributed by atoms with E-state index in [1.807, 2.05) is 0 Å². The highest BCUT2D eigenvalue weighted by atomic mass is 35.5. The SMILES string of the molecule is COc1cc(C(O)Cc2cc(F)ccc2Cl)ncn1. The van der Waals surface area contributed by atoms with Crippen molar-refractivity contribution < 1.29 is 14.2 Å². The third kappa shape index (κ3) is 3.39. The molecular weight excluding hydrogens is 271 g/mol. The minimum Gasteiger partial charge on any atom is -0.481 e. The molecule has 19 heavy (non-hydrogen) atoms. The van der Waals surface area contributed by atoms with Crippen LogP contribution < -0.4 is 4.74 Å². The summed E-state index contributed by atoms with van der Waals surface area (Å²) >= 11 is 5.95. The minimum absolute atomic E-state index is 0.163. The van der Waals surface area contributed by atoms with Gasteiger partial charge in [0.1, 0.15) is 18.2 Å². The van der Waals surface area contributed by atoms with Gasteiger partial charge in [-0.15, -0.1) is 0 Å². The fourth-order valence-corrected chi connectivity index (χ4v) is 1.85. The number of rotatable bonds is 4. The Bertz CT molecular complexity index is 580. The maximum atomic E-state index is 13.1. The summed E-state index contributed by atoms with van der Waals surface area (Å²) in [5.74, 6) is -0.0405. The zero-order valence-corrected chi connectivity index (χ0v) is 10.9. The fraction of sp³-hybridized carbons (Fsp3) is 0.231. The van der Waals surface area contributed by atoms with Gasteiger partial charge in [0, 0.05) is 17.5 Å². The van der Waals surface area contributed by atoms with Gasteiger partial charge in [0.05, 0.1) is 12.8 Å². The molecule has 0 aliphatic carbocycles. The second-order valence-electron chi connectivity index (χ2n) is 3.94. The molecule has 1 atom stereocenters. The molecule has 0 bridgehead atoms. The lowest BCUT2D eigenvalue weighted by atomic mass is 10.1. The molecule has 0 radical (unpaired) electrons. The number of hydrogen-bond donors (Lipinski definition) is 1. The van der Waals surface area contributed by atoms with Crippen LogP contribution in [-0.4, -0.2) is 22.2 Å². The lowest BCUT2D eigenvalue weighted by Gasteiger charge is -2.12. The molecule has 2 aromatic rings. The molecule has 1 aromatic heterocycles. The van der Waals surface area contributed by atoms with Crippen molar-refractivity contribution in [3.8, 4) is 5.88 Å². The first kappa shape index (κ1) is 13.7. The first-order valence-electron chi connectivity index (χ1n) is 5.58. The van der Waals surface area contributed by atoms with Crippen LogP contribution >= 0.6 is 11.6 Å². The molecule has 6 heteroatoms. The van der Waals surface area contributed by atoms with Gasteiger partial charge in [0.25, 0.3) is 0 Å². The first-order chi connectivity index (χ1) is 9.10. The molecule has 2 rings (SSSR count). The lowest BCUT2D eigenvalue weighted by Crippen LogP contribution is -2.06. The number of ether oxygens (including phenoxy) is 1. The highest BCUT2D eigenvalue weighted by Gasteiger charge is 2.14. The number of nitrogens with zero attached hydrogens (tertiary/aromatic N) is 2. The van der Waals surface area contributed by atoms with Crippen LogP contribution in [0.4, 0.5) is 4.39 Å². The van der Waals surface area contributed by atoms with Crippen molar-refractivity contribution >= 4 is 11.6 Å². The smallest absolute Gasteiger partial charge is 0.216 e. The number of aliphatic hydroxyl groups is 1. The summed E-state index contributed by atoms with van der Waals surface area (Å²) in [5.41, 5.74) is 0.916. The Morgan fingerprint density at radius 3 is 2.89 bits per heavy atom. The third-order valence-electron chi connectivity index (χ3n) is 2.63. The van der Waals surface area contributed by atoms with Gasteiger partial charge >= 0.3 is 0 Å². The van der Waals surface area contributed by atoms with E-state index in [1.54, 1.807) is 0 Å². The third-order valence-corrected chi connectivity index (χ3v) is 3.00. The molecule has 0 spiro atoms. The van der Waals surface area contributed by atoms with E-state index in [9.17, 15) is 9.50 Å². The second-order valence-corrected chi connectivity index (χ2v) is 4.35. The van der Waals surface area contributed by atoms with Gasteiger partial charge in [-0.1, -0.05) is 11.6 Å². The van der Waals surface area contributed by atoms with Crippen LogP contribution in [0.1, 0.15) is 17.4 Å². The Labute approximate surface area is 114 Å². The van der Waals surface area contributed by atoms with E-state index < -0.39 is 11.9 Å². The largest absolute Gasteiger partial charge is 0.481 e. The average Bonchev–Trinajstić information content (AvgIpc) is 2.43. The highest BCUT2D eigenvalue weighted by molar-refractivity contribution is 6.31. The zero-order valence-electron chi connectivity index (χ0n) is 10.2. The van der Waals surface area contributed by atoms with E-state index in [-0.39, 0.29) is 6.42 Å². The first-order valence-corrected chi connectivity index (χ1v) is 5.96. The van der Waals surface area contributed by atoms with Crippen LogP contribution in [0.15, 0.2) is 30.6 Å². The highest BCUT2D eigenvalue weighted by Crippen LogP contribution is 2.24. The zero-order chi connectivity index (χ0) is 13.8. The Morgan fingerprint density at radius 1 is 1.37 bits per heavy atom. The van der Waals surface area contributed by atoms with Crippen molar-refractivity contribution in [3.63, 3.8) is 0 Å². The van der Waals surface area contributed by atoms with E-state index in [2.05, 4.69) is 9.97 Å². The van der Waals surface area contributed by atoms with E-state index in [4.69, 9.17) is 16.3 Å². The molecule has 0 saturated heterocycles. The molecule has 1 unspecified atom stereocenters. The van der Waals surface area contributed by atoms with Crippen molar-refractivity contribution in [2.45, 2.75) is 12.5 Å². The van der Waals surface area contributed by atoms with E-state index >= 15 is 0 Å². The number of hydrogen-bond acceptors (Lipinski definition) is 4. The van der Waals surface area contributed by atoms with Crippen molar-refractivity contribution in [1.82, 2.24) is 9.97 Å². The summed E-state index contributed by atoms with van der Waals surface area (Å²) in [6, 6.07) is 5.55. The predicted molar refractivity (Wildman–Crippen MR) is 68.7 cm³/mol. The Hall–Kier alpha value is -1.72. The average molecular weight is 283 g/mol. The maximum absolute atomic E-state index is 13.1. The van der Waals surface area contributed by atoms with Crippen molar-refractivity contribution in [2.24, 2.45) is 0 Å². The van der Waals surface area contributed by atoms with Crippen LogP contribution in [0.25, 0.3) is 0 Å². The molecule has 100 valence electrons. The van der Waals surface area contributed by atoms with Crippen molar-refractivity contribution in [3.05, 3.63) is 52.7 Å². The predicted octanol–water partition coefficient (Wildman–Crippen LogP) is 2.55. The number of benzene rings is 1. The monoisotopic (exact) mass is 282 g/mol. The van der Waals surface area contributed by atoms with Gasteiger partial charge in [0.2, 0.25) is 5.88 Å². The topological polar surface area (TPSA) is 55.2 Å². The summed E-state index contributed by atoms with van der Waals surface area (Å²) in [5, 5.41) is 10.5. The minimum atomic E-state index is -0.906. The number of halogens is 2. The fourth-order valence-electron chi connectivity index (χ4n) is 1.66. The molecular formula is C13H12ClFN2O2. The Morgan fingerprint density at radius 2 is 2.16 bits per heavy atom. The van der Waals surface area contributed by atoms with Crippen LogP contribution in [-0.2, 0) is 6.42 Å². The van der Waals surface area contributed by atoms with E-state index in [0.29, 0.717) is 22.2 Å². The van der Waals surface area contributed by atoms with E-state index in [0.717, 1.165) is 0 Å². The van der Waals surface area contributed by atoms with Gasteiger partial charge in [0.15, 0.2) is 0 Å². The van der Waals surface area contributed by atoms with E-state index in [1.165, 1.54) is 37.7 Å². The quantitative estimate of drug-likeness (QED) is 0.936. The van der Waals surface area contributed by atoms with Crippen molar-refractivity contribution in [2.75, 3.05) is 7.11 Å². The molecule has 0 saturated carbocycles. The summed E-state index contributed by atoms with van der Waals surface area (Å²) in [4.78, 5) is 7.81. The second kappa shape index (κ2) is 5.95. The molecule has 1 N–H and O–H groups in total. The molecule has 0 fully saturated rings. The van der Waals surface area contributed by atoms with Gasteiger partial charge in [-0.25, -0.2) is 14.4 Å². The lowest BCUT2D eigenvalue weighted by molar-refractivity contribution is 0.172. The van der Waals surface area contributed by atoms with Crippen molar-refractivity contribution in [1.29, 1.82) is 0 Å². The molecule has 4 nitrogen and oxygen atoms in total. The molecule has 0 aliphatic rings. The Kier molecular flexibility index (Phi) is 4.29. The summed E-state index contributed by atoms with van der Waals surface area (Å²) in [6.07, 6.45) is 0.553. The van der Waals surface area contributed by atoms with Gasteiger partial charge in [-0.05, 0) is 23.8 Å². The van der Waals surface area contributed by atoms with Gasteiger partial charge < -0.3 is 9.84 Å². The molecule has 0 aliphatic heterocycles. The van der Waals surface area contributed by atoms with Crippen LogP contribution in [0.3, 0.4) is 0 Å². The van der Waals surface area contributed by atoms with Crippen LogP contribution in [0, 0.1) is 5.82 Å². The molecule has 1 heterocycles. The maximum Gasteiger partial charge on any atom is 0.216 e. The molecule has 0 amide bonds. The standard InChI is InChI=1S/C13H12ClFN2O2/c1-19-13-6-11(16-7-17-13)12(18)5-8-4-9(15)2-3-10(8)14/h2-4,6-7,12,18H,5H2,1H3. The number of methoxy groups -OCH3 is 1. The number of aliphatic hydroxyl groups excluding tert-OH is 1. The normalized spacial score (nSPS) is 12.2. The summed E-state index contributed by atoms with van der Waals surface area (Å²) < 4.78 is 18.1. The van der Waals surface area contributed by atoms with Crippen LogP contribution in [0.5, 0.6) is 5.88 Å². The number of aromatic nitrogens is 2. The summed E-state index contributed by atoms with van der Waals surface area (Å²) in [6.45, 7) is 0. The molecule has 1 aromatic carbocycles. The van der Waals surface area contributed by atoms with Gasteiger partial charge in [-0.2, -0.15) is 0 Å². The van der Waals surface area contributed by atoms with Gasteiger partial charge in [-0.3, -0.25) is 0 Å².